The highest BCUT2D eigenvalue weighted by Gasteiger charge is 2.71. The van der Waals surface area contributed by atoms with Crippen LogP contribution in [0.4, 0.5) is 0 Å². The van der Waals surface area contributed by atoms with E-state index in [-0.39, 0.29) is 5.78 Å². The molecule has 84 valence electrons. The van der Waals surface area contributed by atoms with E-state index in [9.17, 15) is 14.7 Å². The third-order valence-electron chi connectivity index (χ3n) is 4.74. The van der Waals surface area contributed by atoms with Gasteiger partial charge in [-0.2, -0.15) is 0 Å². The lowest BCUT2D eigenvalue weighted by Crippen LogP contribution is -2.39. The molecular formula is C11H16O4. The molecule has 2 N–H and O–H groups in total. The number of fused-ring (bicyclic) bond motifs is 2. The minimum Gasteiger partial charge on any atom is -0.481 e. The molecule has 0 aliphatic heterocycles. The van der Waals surface area contributed by atoms with Gasteiger partial charge in [-0.15, -0.1) is 0 Å². The number of hydrogen-bond donors (Lipinski definition) is 2. The summed E-state index contributed by atoms with van der Waals surface area (Å²) in [4.78, 5) is 23.0. The highest BCUT2D eigenvalue weighted by Crippen LogP contribution is 2.65. The Morgan fingerprint density at radius 3 is 2.27 bits per heavy atom. The first-order valence-electron chi connectivity index (χ1n) is 5.18. The van der Waals surface area contributed by atoms with Crippen molar-refractivity contribution in [3.63, 3.8) is 0 Å². The molecule has 0 heterocycles. The molecule has 0 radical (unpaired) electrons. The number of carbonyl (C=O) groups excluding carboxylic acids is 1. The Hall–Kier alpha value is -0.900. The number of carboxylic acid groups (broad SMARTS) is 1. The summed E-state index contributed by atoms with van der Waals surface area (Å²) in [6, 6.07) is 0. The Balaban J connectivity index is 2.54. The van der Waals surface area contributed by atoms with Gasteiger partial charge in [-0.1, -0.05) is 20.8 Å². The SMILES string of the molecule is CC12CC(O)C(C(C(=O)O)C1=O)C2(C)C. The molecule has 0 amide bonds. The Morgan fingerprint density at radius 2 is 1.93 bits per heavy atom. The molecule has 2 aliphatic rings. The van der Waals surface area contributed by atoms with Crippen molar-refractivity contribution in [2.75, 3.05) is 0 Å². The summed E-state index contributed by atoms with van der Waals surface area (Å²) in [7, 11) is 0. The molecule has 0 aromatic rings. The van der Waals surface area contributed by atoms with Crippen molar-refractivity contribution in [3.8, 4) is 0 Å². The largest absolute Gasteiger partial charge is 0.481 e. The molecular weight excluding hydrogens is 196 g/mol. The molecule has 2 bridgehead atoms. The monoisotopic (exact) mass is 212 g/mol. The maximum absolute atomic E-state index is 12.0. The highest BCUT2D eigenvalue weighted by atomic mass is 16.4. The highest BCUT2D eigenvalue weighted by molar-refractivity contribution is 6.05. The third kappa shape index (κ3) is 0.956. The van der Waals surface area contributed by atoms with E-state index in [2.05, 4.69) is 0 Å². The van der Waals surface area contributed by atoms with Gasteiger partial charge in [-0.25, -0.2) is 0 Å². The van der Waals surface area contributed by atoms with Crippen molar-refractivity contribution in [1.29, 1.82) is 0 Å². The fourth-order valence-corrected chi connectivity index (χ4v) is 3.49. The summed E-state index contributed by atoms with van der Waals surface area (Å²) in [5.74, 6) is -2.77. The van der Waals surface area contributed by atoms with Gasteiger partial charge in [0.2, 0.25) is 0 Å². The van der Waals surface area contributed by atoms with Gasteiger partial charge in [0.1, 0.15) is 5.92 Å². The lowest BCUT2D eigenvalue weighted by Gasteiger charge is -2.31. The van der Waals surface area contributed by atoms with Gasteiger partial charge in [-0.3, -0.25) is 9.59 Å². The molecule has 2 fully saturated rings. The molecule has 0 spiro atoms. The zero-order valence-corrected chi connectivity index (χ0v) is 9.15. The second kappa shape index (κ2) is 2.61. The minimum atomic E-state index is -1.10. The first-order valence-corrected chi connectivity index (χ1v) is 5.18. The molecule has 2 aliphatic carbocycles. The van der Waals surface area contributed by atoms with Crippen LogP contribution in [0, 0.1) is 22.7 Å². The standard InChI is InChI=1S/C11H16O4/c1-10(2)7-5(12)4-11(10,3)8(13)6(7)9(14)15/h5-7,12H,4H2,1-3H3,(H,14,15). The maximum Gasteiger partial charge on any atom is 0.314 e. The number of aliphatic hydroxyl groups is 1. The van der Waals surface area contributed by atoms with Gasteiger partial charge < -0.3 is 10.2 Å². The normalized spacial score (nSPS) is 47.2. The molecule has 4 heteroatoms. The molecule has 4 unspecified atom stereocenters. The molecule has 15 heavy (non-hydrogen) atoms. The number of rotatable bonds is 1. The molecule has 2 rings (SSSR count). The van der Waals surface area contributed by atoms with Gasteiger partial charge in [0.15, 0.2) is 5.78 Å². The van der Waals surface area contributed by atoms with E-state index in [0.717, 1.165) is 0 Å². The first-order chi connectivity index (χ1) is 6.73. The Labute approximate surface area is 88.3 Å². The van der Waals surface area contributed by atoms with Crippen LogP contribution < -0.4 is 0 Å². The van der Waals surface area contributed by atoms with E-state index in [1.807, 2.05) is 13.8 Å². The number of aliphatic hydroxyl groups excluding tert-OH is 1. The summed E-state index contributed by atoms with van der Waals surface area (Å²) in [5.41, 5.74) is -1.10. The van der Waals surface area contributed by atoms with E-state index in [1.54, 1.807) is 6.92 Å². The Bertz CT molecular complexity index is 346. The van der Waals surface area contributed by atoms with Crippen LogP contribution in [0.3, 0.4) is 0 Å². The van der Waals surface area contributed by atoms with E-state index in [4.69, 9.17) is 5.11 Å². The van der Waals surface area contributed by atoms with Crippen molar-refractivity contribution >= 4 is 11.8 Å². The fourth-order valence-electron chi connectivity index (χ4n) is 3.49. The average molecular weight is 212 g/mol. The quantitative estimate of drug-likeness (QED) is 0.627. The minimum absolute atomic E-state index is 0.213. The zero-order chi connectivity index (χ0) is 11.6. The van der Waals surface area contributed by atoms with Crippen molar-refractivity contribution in [3.05, 3.63) is 0 Å². The second-order valence-corrected chi connectivity index (χ2v) is 5.53. The zero-order valence-electron chi connectivity index (χ0n) is 9.15. The van der Waals surface area contributed by atoms with Gasteiger partial charge in [0.25, 0.3) is 0 Å². The number of carboxylic acids is 1. The molecule has 2 saturated carbocycles. The van der Waals surface area contributed by atoms with Crippen LogP contribution in [-0.4, -0.2) is 28.1 Å². The molecule has 4 nitrogen and oxygen atoms in total. The lowest BCUT2D eigenvalue weighted by atomic mass is 9.70. The average Bonchev–Trinajstić information content (AvgIpc) is 2.33. The maximum atomic E-state index is 12.0. The molecule has 0 aromatic heterocycles. The summed E-state index contributed by atoms with van der Waals surface area (Å²) in [6.07, 6.45) is -0.267. The van der Waals surface area contributed by atoms with Gasteiger partial charge in [0.05, 0.1) is 6.10 Å². The smallest absolute Gasteiger partial charge is 0.314 e. The summed E-state index contributed by atoms with van der Waals surface area (Å²) >= 11 is 0. The fraction of sp³-hybridized carbons (Fsp3) is 0.818. The van der Waals surface area contributed by atoms with E-state index in [1.165, 1.54) is 0 Å². The van der Waals surface area contributed by atoms with Crippen LogP contribution in [0.25, 0.3) is 0 Å². The van der Waals surface area contributed by atoms with E-state index < -0.39 is 34.7 Å². The first kappa shape index (κ1) is 10.6. The number of ketones is 1. The summed E-state index contributed by atoms with van der Waals surface area (Å²) < 4.78 is 0. The number of aliphatic carboxylic acids is 1. The van der Waals surface area contributed by atoms with Gasteiger partial charge in [-0.05, 0) is 11.8 Å². The topological polar surface area (TPSA) is 74.6 Å². The van der Waals surface area contributed by atoms with Crippen molar-refractivity contribution in [2.45, 2.75) is 33.3 Å². The number of Topliss-reactive ketones (excluding diaryl/α,β-unsaturated/α-hetero) is 1. The summed E-state index contributed by atoms with van der Waals surface area (Å²) in [6.45, 7) is 5.55. The van der Waals surface area contributed by atoms with Crippen LogP contribution in [0.2, 0.25) is 0 Å². The van der Waals surface area contributed by atoms with Crippen molar-refractivity contribution in [2.24, 2.45) is 22.7 Å². The summed E-state index contributed by atoms with van der Waals surface area (Å²) in [5, 5.41) is 18.9. The van der Waals surface area contributed by atoms with E-state index in [0.29, 0.717) is 6.42 Å². The van der Waals surface area contributed by atoms with Crippen LogP contribution in [0.1, 0.15) is 27.2 Å². The lowest BCUT2D eigenvalue weighted by molar-refractivity contribution is -0.152. The number of hydrogen-bond acceptors (Lipinski definition) is 3. The van der Waals surface area contributed by atoms with Crippen LogP contribution in [0.5, 0.6) is 0 Å². The second-order valence-electron chi connectivity index (χ2n) is 5.53. The predicted octanol–water partition coefficient (Wildman–Crippen LogP) is 0.683. The van der Waals surface area contributed by atoms with Crippen LogP contribution >= 0.6 is 0 Å². The molecule has 4 atom stereocenters. The molecule has 0 aromatic carbocycles. The van der Waals surface area contributed by atoms with Gasteiger partial charge in [0, 0.05) is 11.3 Å². The molecule has 0 saturated heterocycles. The van der Waals surface area contributed by atoms with Gasteiger partial charge >= 0.3 is 5.97 Å². The third-order valence-corrected chi connectivity index (χ3v) is 4.74. The Kier molecular flexibility index (Phi) is 1.85. The predicted molar refractivity (Wildman–Crippen MR) is 52.1 cm³/mol. The van der Waals surface area contributed by atoms with Crippen molar-refractivity contribution < 1.29 is 19.8 Å². The van der Waals surface area contributed by atoms with Crippen LogP contribution in [-0.2, 0) is 9.59 Å². The van der Waals surface area contributed by atoms with E-state index >= 15 is 0 Å². The Morgan fingerprint density at radius 1 is 1.40 bits per heavy atom. The number of carbonyl (C=O) groups is 2. The van der Waals surface area contributed by atoms with Crippen molar-refractivity contribution in [1.82, 2.24) is 0 Å². The van der Waals surface area contributed by atoms with Crippen LogP contribution in [0.15, 0.2) is 0 Å².